The van der Waals surface area contributed by atoms with Crippen LogP contribution in [0.4, 0.5) is 4.39 Å². The third kappa shape index (κ3) is 6.89. The van der Waals surface area contributed by atoms with E-state index in [1.807, 2.05) is 12.1 Å². The molecule has 2 amide bonds. The fraction of sp³-hybridized carbons (Fsp3) is 0.250. The second kappa shape index (κ2) is 12.4. The number of likely N-dealkylation sites (tertiary alicyclic amines) is 1. The van der Waals surface area contributed by atoms with Gasteiger partial charge in [0, 0.05) is 30.1 Å². The summed E-state index contributed by atoms with van der Waals surface area (Å²) in [6.45, 7) is 0.0918. The molecule has 1 heterocycles. The van der Waals surface area contributed by atoms with Gasteiger partial charge in [0.25, 0.3) is 10.2 Å². The molecule has 2 atom stereocenters. The maximum atomic E-state index is 14.5. The fourth-order valence-corrected chi connectivity index (χ4v) is 5.57. The molecule has 40 heavy (non-hydrogen) atoms. The Balaban J connectivity index is 1.60. The molecule has 1 aliphatic heterocycles. The van der Waals surface area contributed by atoms with Gasteiger partial charge in [-0.2, -0.15) is 13.1 Å². The molecule has 1 saturated heterocycles. The van der Waals surface area contributed by atoms with Crippen LogP contribution in [-0.4, -0.2) is 49.6 Å². The Morgan fingerprint density at radius 2 is 1.62 bits per heavy atom. The van der Waals surface area contributed by atoms with Crippen LogP contribution < -0.4 is 20.9 Å². The summed E-state index contributed by atoms with van der Waals surface area (Å²) in [4.78, 5) is 28.6. The van der Waals surface area contributed by atoms with E-state index in [1.54, 1.807) is 48.5 Å². The van der Waals surface area contributed by atoms with Crippen LogP contribution >= 0.6 is 0 Å². The molecule has 1 aliphatic rings. The number of hydrogen-bond donors (Lipinski definition) is 5. The van der Waals surface area contributed by atoms with Crippen LogP contribution in [0.5, 0.6) is 0 Å². The highest BCUT2D eigenvalue weighted by atomic mass is 32.2. The van der Waals surface area contributed by atoms with Gasteiger partial charge in [-0.05, 0) is 30.0 Å². The van der Waals surface area contributed by atoms with Crippen molar-refractivity contribution in [1.29, 1.82) is 5.41 Å². The monoisotopic (exact) mass is 566 g/mol. The second-order valence-corrected chi connectivity index (χ2v) is 10.9. The first-order valence-corrected chi connectivity index (χ1v) is 14.2. The molecule has 0 aromatic heterocycles. The van der Waals surface area contributed by atoms with E-state index in [0.29, 0.717) is 24.0 Å². The number of nitrogens with zero attached hydrogens (tertiary/aromatic N) is 1. The van der Waals surface area contributed by atoms with Crippen molar-refractivity contribution in [3.8, 4) is 0 Å². The minimum absolute atomic E-state index is 0.142. The second-order valence-electron chi connectivity index (χ2n) is 9.57. The van der Waals surface area contributed by atoms with E-state index in [4.69, 9.17) is 16.3 Å². The molecular formula is C28H31FN6O4S. The first-order valence-electron chi connectivity index (χ1n) is 12.7. The summed E-state index contributed by atoms with van der Waals surface area (Å²) in [5.41, 5.74) is 7.19. The number of amides is 2. The molecule has 3 aromatic carbocycles. The van der Waals surface area contributed by atoms with Crippen LogP contribution in [0.1, 0.15) is 41.0 Å². The summed E-state index contributed by atoms with van der Waals surface area (Å²) in [5, 5.41) is 15.5. The Morgan fingerprint density at radius 3 is 2.15 bits per heavy atom. The number of halogens is 1. The zero-order valence-corrected chi connectivity index (χ0v) is 22.4. The first kappa shape index (κ1) is 28.9. The summed E-state index contributed by atoms with van der Waals surface area (Å²) in [6, 6.07) is 19.8. The third-order valence-electron chi connectivity index (χ3n) is 6.86. The number of benzene rings is 3. The average molecular weight is 567 g/mol. The van der Waals surface area contributed by atoms with Gasteiger partial charge in [-0.3, -0.25) is 15.0 Å². The molecule has 7 N–H and O–H groups in total. The van der Waals surface area contributed by atoms with E-state index < -0.39 is 45.8 Å². The quantitative estimate of drug-likeness (QED) is 0.185. The first-order chi connectivity index (χ1) is 19.0. The smallest absolute Gasteiger partial charge is 0.275 e. The number of nitrogens with two attached hydrogens (primary N) is 2. The van der Waals surface area contributed by atoms with Crippen molar-refractivity contribution in [1.82, 2.24) is 14.9 Å². The van der Waals surface area contributed by atoms with Crippen molar-refractivity contribution in [3.05, 3.63) is 107 Å². The van der Waals surface area contributed by atoms with E-state index >= 15 is 0 Å². The SMILES string of the molecule is N=C(N)c1ccc(CNC(=O)C2CCCN2C(=O)C(NS(N)(=O)=O)C(c2ccccc2)c2ccccc2)c(F)c1. The molecule has 0 spiro atoms. The number of nitrogens with one attached hydrogen (secondary N) is 3. The van der Waals surface area contributed by atoms with Gasteiger partial charge in [-0.15, -0.1) is 0 Å². The van der Waals surface area contributed by atoms with E-state index in [1.165, 1.54) is 17.0 Å². The molecule has 3 aromatic rings. The van der Waals surface area contributed by atoms with Gasteiger partial charge in [0.2, 0.25) is 11.8 Å². The number of carbonyl (C=O) groups is 2. The van der Waals surface area contributed by atoms with Crippen LogP contribution in [0, 0.1) is 11.2 Å². The van der Waals surface area contributed by atoms with Crippen LogP contribution in [0.3, 0.4) is 0 Å². The lowest BCUT2D eigenvalue weighted by molar-refractivity contribution is -0.140. The lowest BCUT2D eigenvalue weighted by Crippen LogP contribution is -2.56. The molecule has 0 bridgehead atoms. The molecule has 0 radical (unpaired) electrons. The molecule has 12 heteroatoms. The number of hydrogen-bond acceptors (Lipinski definition) is 5. The summed E-state index contributed by atoms with van der Waals surface area (Å²) in [6.07, 6.45) is 0.877. The molecule has 0 aliphatic carbocycles. The Morgan fingerprint density at radius 1 is 1.02 bits per heavy atom. The Labute approximate surface area is 232 Å². The van der Waals surface area contributed by atoms with Gasteiger partial charge in [-0.25, -0.2) is 9.53 Å². The summed E-state index contributed by atoms with van der Waals surface area (Å²) >= 11 is 0. The Bertz CT molecular complexity index is 1450. The van der Waals surface area contributed by atoms with Crippen LogP contribution in [0.2, 0.25) is 0 Å². The zero-order valence-electron chi connectivity index (χ0n) is 21.6. The lowest BCUT2D eigenvalue weighted by atomic mass is 9.84. The van der Waals surface area contributed by atoms with Crippen LogP contribution in [0.15, 0.2) is 78.9 Å². The molecule has 0 saturated carbocycles. The normalized spacial score (nSPS) is 16.1. The van der Waals surface area contributed by atoms with Crippen molar-refractivity contribution in [2.75, 3.05) is 6.54 Å². The molecule has 4 rings (SSSR count). The van der Waals surface area contributed by atoms with Gasteiger partial charge in [0.15, 0.2) is 0 Å². The Kier molecular flexibility index (Phi) is 8.93. The lowest BCUT2D eigenvalue weighted by Gasteiger charge is -2.33. The number of nitrogen functional groups attached to an aromatic ring is 1. The van der Waals surface area contributed by atoms with E-state index in [0.717, 1.165) is 6.07 Å². The van der Waals surface area contributed by atoms with Gasteiger partial charge >= 0.3 is 0 Å². The molecule has 210 valence electrons. The predicted octanol–water partition coefficient (Wildman–Crippen LogP) is 1.71. The number of rotatable bonds is 10. The van der Waals surface area contributed by atoms with E-state index in [9.17, 15) is 22.4 Å². The minimum atomic E-state index is -4.32. The van der Waals surface area contributed by atoms with E-state index in [2.05, 4.69) is 10.0 Å². The van der Waals surface area contributed by atoms with Crippen LogP contribution in [-0.2, 0) is 26.3 Å². The zero-order chi connectivity index (χ0) is 28.9. The molecular weight excluding hydrogens is 535 g/mol. The van der Waals surface area contributed by atoms with Crippen molar-refractivity contribution in [2.24, 2.45) is 10.9 Å². The molecule has 1 fully saturated rings. The van der Waals surface area contributed by atoms with Crippen molar-refractivity contribution in [3.63, 3.8) is 0 Å². The number of carbonyl (C=O) groups excluding carboxylic acids is 2. The van der Waals surface area contributed by atoms with Gasteiger partial charge in [-0.1, -0.05) is 72.8 Å². The highest BCUT2D eigenvalue weighted by Crippen LogP contribution is 2.31. The predicted molar refractivity (Wildman–Crippen MR) is 149 cm³/mol. The maximum absolute atomic E-state index is 14.5. The highest BCUT2D eigenvalue weighted by molar-refractivity contribution is 7.87. The molecule has 2 unspecified atom stereocenters. The summed E-state index contributed by atoms with van der Waals surface area (Å²) in [5.74, 6) is -2.72. The standard InChI is InChI=1S/C28H31FN6O4S/c29-22-16-20(26(30)31)13-14-21(22)17-33-27(36)23-12-7-15-35(23)28(37)25(34-40(32,38)39)24(18-8-3-1-4-9-18)19-10-5-2-6-11-19/h1-6,8-11,13-14,16,23-25,34H,7,12,15,17H2,(H3,30,31)(H,33,36)(H2,32,38,39). The maximum Gasteiger partial charge on any atom is 0.275 e. The summed E-state index contributed by atoms with van der Waals surface area (Å²) < 4.78 is 41.3. The van der Waals surface area contributed by atoms with E-state index in [-0.39, 0.29) is 30.1 Å². The summed E-state index contributed by atoms with van der Waals surface area (Å²) in [7, 11) is -4.32. The van der Waals surface area contributed by atoms with Gasteiger partial charge in [0.1, 0.15) is 23.7 Å². The van der Waals surface area contributed by atoms with Crippen molar-refractivity contribution < 1.29 is 22.4 Å². The van der Waals surface area contributed by atoms with Gasteiger partial charge in [0.05, 0.1) is 0 Å². The van der Waals surface area contributed by atoms with Crippen molar-refractivity contribution >= 4 is 27.9 Å². The number of amidine groups is 1. The largest absolute Gasteiger partial charge is 0.384 e. The van der Waals surface area contributed by atoms with Crippen molar-refractivity contribution in [2.45, 2.75) is 37.4 Å². The topological polar surface area (TPSA) is 171 Å². The highest BCUT2D eigenvalue weighted by Gasteiger charge is 2.42. The Hall–Kier alpha value is -4.13. The third-order valence-corrected chi connectivity index (χ3v) is 7.45. The fourth-order valence-electron chi connectivity index (χ4n) is 4.98. The van der Waals surface area contributed by atoms with Crippen LogP contribution in [0.25, 0.3) is 0 Å². The minimum Gasteiger partial charge on any atom is -0.384 e. The average Bonchev–Trinajstić information content (AvgIpc) is 3.42. The molecule has 10 nitrogen and oxygen atoms in total. The van der Waals surface area contributed by atoms with Gasteiger partial charge < -0.3 is 16.0 Å².